The Labute approximate surface area is 295 Å². The number of carbonyl (C=O) groups is 3. The van der Waals surface area contributed by atoms with Crippen LogP contribution in [0.5, 0.6) is 0 Å². The predicted octanol–water partition coefficient (Wildman–Crippen LogP) is 4.35. The summed E-state index contributed by atoms with van der Waals surface area (Å²) in [6, 6.07) is 8.49. The molecule has 1 atom stereocenters. The number of piperazine rings is 1. The number of urea groups is 2. The fourth-order valence-corrected chi connectivity index (χ4v) is 7.92. The Balaban J connectivity index is 1.12. The maximum absolute atomic E-state index is 14.0. The highest BCUT2D eigenvalue weighted by molar-refractivity contribution is 6.33. The normalized spacial score (nSPS) is 21.0. The molecular formula is C35H46ClF3N8O3. The molecule has 6 rings (SSSR count). The van der Waals surface area contributed by atoms with Gasteiger partial charge >= 0.3 is 18.2 Å². The van der Waals surface area contributed by atoms with Crippen LogP contribution in [0.2, 0.25) is 5.02 Å². The third-order valence-corrected chi connectivity index (χ3v) is 11.0. The standard InChI is InChI=1S/C35H46ClF3N8O3/c1-43-16-18-44(19-17-43)25-7-11-45(12-8-25)32(48)30(22-23-20-27(35(37,38)39)31(40)28(36)21-23)42-33(49)46-13-9-26(10-14-46)47-15-6-24-4-2-3-5-29(24)41-34(47)50/h2-5,20-21,25-26,30H,6-19,22,40H2,1H3,(H,41,50)(H,42,49)/t30-/m0/s1. The maximum atomic E-state index is 14.0. The second-order valence-electron chi connectivity index (χ2n) is 13.9. The van der Waals surface area contributed by atoms with Crippen LogP contribution in [0.1, 0.15) is 42.4 Å². The highest BCUT2D eigenvalue weighted by atomic mass is 35.5. The third-order valence-electron chi connectivity index (χ3n) is 10.7. The average Bonchev–Trinajstić information content (AvgIpc) is 3.27. The SMILES string of the molecule is CN1CCN(C2CCN(C(=O)[C@H](Cc3cc(Cl)c(N)c(C(F)(F)F)c3)NC(=O)N3CCC(N4CCc5ccccc5NC4=O)CC3)CC2)CC1. The van der Waals surface area contributed by atoms with Crippen molar-refractivity contribution in [2.75, 3.05) is 77.0 Å². The van der Waals surface area contributed by atoms with Crippen molar-refractivity contribution in [1.82, 2.24) is 29.8 Å². The number of benzene rings is 2. The Morgan fingerprint density at radius 1 is 0.940 bits per heavy atom. The lowest BCUT2D eigenvalue weighted by Crippen LogP contribution is -2.58. The molecule has 4 heterocycles. The second-order valence-corrected chi connectivity index (χ2v) is 14.3. The number of carbonyl (C=O) groups excluding carboxylic acids is 3. The molecule has 0 spiro atoms. The van der Waals surface area contributed by atoms with E-state index in [1.54, 1.807) is 9.80 Å². The lowest BCUT2D eigenvalue weighted by Gasteiger charge is -2.42. The van der Waals surface area contributed by atoms with E-state index >= 15 is 0 Å². The summed E-state index contributed by atoms with van der Waals surface area (Å²) in [5, 5.41) is 5.60. The number of amides is 5. The van der Waals surface area contributed by atoms with Crippen LogP contribution in [-0.4, -0.2) is 127 Å². The number of nitrogens with one attached hydrogen (secondary N) is 2. The van der Waals surface area contributed by atoms with Crippen LogP contribution in [0.4, 0.5) is 34.1 Å². The number of alkyl halides is 3. The fraction of sp³-hybridized carbons (Fsp3) is 0.571. The molecular weight excluding hydrogens is 673 g/mol. The number of piperidine rings is 2. The first-order valence-electron chi connectivity index (χ1n) is 17.4. The molecule has 0 radical (unpaired) electrons. The summed E-state index contributed by atoms with van der Waals surface area (Å²) in [5.74, 6) is -0.340. The Hall–Kier alpha value is -3.75. The minimum Gasteiger partial charge on any atom is -0.397 e. The number of hydrogen-bond acceptors (Lipinski definition) is 6. The van der Waals surface area contributed by atoms with Gasteiger partial charge in [-0.1, -0.05) is 29.8 Å². The molecule has 272 valence electrons. The van der Waals surface area contributed by atoms with Crippen LogP contribution in [0, 0.1) is 0 Å². The van der Waals surface area contributed by atoms with Crippen molar-refractivity contribution in [2.24, 2.45) is 0 Å². The summed E-state index contributed by atoms with van der Waals surface area (Å²) >= 11 is 6.13. The van der Waals surface area contributed by atoms with Crippen molar-refractivity contribution in [1.29, 1.82) is 0 Å². The van der Waals surface area contributed by atoms with Crippen molar-refractivity contribution in [3.05, 3.63) is 58.1 Å². The van der Waals surface area contributed by atoms with Crippen molar-refractivity contribution in [3.63, 3.8) is 0 Å². The molecule has 0 bridgehead atoms. The van der Waals surface area contributed by atoms with Crippen LogP contribution >= 0.6 is 11.6 Å². The van der Waals surface area contributed by atoms with Gasteiger partial charge in [0.2, 0.25) is 5.91 Å². The Kier molecular flexibility index (Phi) is 11.0. The molecule has 4 aliphatic heterocycles. The van der Waals surface area contributed by atoms with E-state index in [0.717, 1.165) is 62.8 Å². The molecule has 0 aromatic heterocycles. The Bertz CT molecular complexity index is 1550. The van der Waals surface area contributed by atoms with Gasteiger partial charge in [0, 0.05) is 83.1 Å². The summed E-state index contributed by atoms with van der Waals surface area (Å²) in [7, 11) is 2.11. The Morgan fingerprint density at radius 2 is 1.58 bits per heavy atom. The van der Waals surface area contributed by atoms with Crippen molar-refractivity contribution in [3.8, 4) is 0 Å². The monoisotopic (exact) mass is 718 g/mol. The highest BCUT2D eigenvalue weighted by Gasteiger charge is 2.37. The highest BCUT2D eigenvalue weighted by Crippen LogP contribution is 2.38. The summed E-state index contributed by atoms with van der Waals surface area (Å²) in [6.07, 6.45) is -1.53. The van der Waals surface area contributed by atoms with Crippen LogP contribution in [-0.2, 0) is 23.8 Å². The van der Waals surface area contributed by atoms with E-state index in [1.807, 2.05) is 29.2 Å². The number of fused-ring (bicyclic) bond motifs is 1. The van der Waals surface area contributed by atoms with Gasteiger partial charge in [-0.05, 0) is 68.5 Å². The number of rotatable bonds is 6. The zero-order valence-corrected chi connectivity index (χ0v) is 29.1. The third kappa shape index (κ3) is 8.24. The molecule has 4 N–H and O–H groups in total. The molecule has 2 aromatic rings. The smallest absolute Gasteiger partial charge is 0.397 e. The van der Waals surface area contributed by atoms with Gasteiger partial charge in [0.15, 0.2) is 0 Å². The van der Waals surface area contributed by atoms with Crippen molar-refractivity contribution >= 4 is 40.9 Å². The van der Waals surface area contributed by atoms with E-state index in [-0.39, 0.29) is 35.0 Å². The second kappa shape index (κ2) is 15.2. The predicted molar refractivity (Wildman–Crippen MR) is 186 cm³/mol. The molecule has 0 unspecified atom stereocenters. The molecule has 3 saturated heterocycles. The van der Waals surface area contributed by atoms with Crippen molar-refractivity contribution < 1.29 is 27.6 Å². The minimum absolute atomic E-state index is 0.0647. The lowest BCUT2D eigenvalue weighted by atomic mass is 9.98. The number of nitrogens with zero attached hydrogens (tertiary/aromatic N) is 5. The largest absolute Gasteiger partial charge is 0.418 e. The van der Waals surface area contributed by atoms with E-state index in [0.29, 0.717) is 51.6 Å². The molecule has 3 fully saturated rings. The topological polar surface area (TPSA) is 117 Å². The number of likely N-dealkylation sites (tertiary alicyclic amines) is 2. The van der Waals surface area contributed by atoms with E-state index in [4.69, 9.17) is 17.3 Å². The van der Waals surface area contributed by atoms with E-state index in [9.17, 15) is 27.6 Å². The van der Waals surface area contributed by atoms with Crippen molar-refractivity contribution in [2.45, 2.75) is 62.8 Å². The first-order valence-corrected chi connectivity index (χ1v) is 17.8. The number of nitrogen functional groups attached to an aromatic ring is 1. The number of anilines is 2. The van der Waals surface area contributed by atoms with Gasteiger partial charge in [-0.25, -0.2) is 9.59 Å². The fourth-order valence-electron chi connectivity index (χ4n) is 7.68. The zero-order valence-electron chi connectivity index (χ0n) is 28.4. The molecule has 0 saturated carbocycles. The molecule has 50 heavy (non-hydrogen) atoms. The first kappa shape index (κ1) is 36.1. The molecule has 0 aliphatic carbocycles. The van der Waals surface area contributed by atoms with Gasteiger partial charge < -0.3 is 36.0 Å². The van der Waals surface area contributed by atoms with Gasteiger partial charge in [0.05, 0.1) is 16.3 Å². The number of likely N-dealkylation sites (N-methyl/N-ethyl adjacent to an activating group) is 1. The lowest BCUT2D eigenvalue weighted by molar-refractivity contribution is -0.137. The van der Waals surface area contributed by atoms with Gasteiger partial charge in [0.1, 0.15) is 6.04 Å². The van der Waals surface area contributed by atoms with Gasteiger partial charge in [0.25, 0.3) is 0 Å². The van der Waals surface area contributed by atoms with Crippen LogP contribution in [0.25, 0.3) is 0 Å². The van der Waals surface area contributed by atoms with Crippen LogP contribution in [0.3, 0.4) is 0 Å². The quantitative estimate of drug-likeness (QED) is 0.383. The van der Waals surface area contributed by atoms with Crippen LogP contribution < -0.4 is 16.4 Å². The summed E-state index contributed by atoms with van der Waals surface area (Å²) in [5.41, 5.74) is 6.04. The molecule has 5 amide bonds. The number of hydrogen-bond donors (Lipinski definition) is 3. The van der Waals surface area contributed by atoms with Gasteiger partial charge in [-0.2, -0.15) is 13.2 Å². The Morgan fingerprint density at radius 3 is 2.26 bits per heavy atom. The number of halogens is 4. The average molecular weight is 719 g/mol. The maximum Gasteiger partial charge on any atom is 0.418 e. The summed E-state index contributed by atoms with van der Waals surface area (Å²) in [4.78, 5) is 50.7. The van der Waals surface area contributed by atoms with Crippen LogP contribution in [0.15, 0.2) is 36.4 Å². The molecule has 2 aromatic carbocycles. The van der Waals surface area contributed by atoms with E-state index in [1.165, 1.54) is 6.07 Å². The minimum atomic E-state index is -4.74. The number of nitrogens with two attached hydrogens (primary N) is 1. The van der Waals surface area contributed by atoms with Gasteiger partial charge in [-0.3, -0.25) is 9.69 Å². The zero-order chi connectivity index (χ0) is 35.6. The van der Waals surface area contributed by atoms with E-state index in [2.05, 4.69) is 27.5 Å². The summed E-state index contributed by atoms with van der Waals surface area (Å²) < 4.78 is 41.5. The molecule has 11 nitrogen and oxygen atoms in total. The van der Waals surface area contributed by atoms with Gasteiger partial charge in [-0.15, -0.1) is 0 Å². The molecule has 4 aliphatic rings. The van der Waals surface area contributed by atoms with E-state index < -0.39 is 29.5 Å². The molecule has 15 heteroatoms. The first-order chi connectivity index (χ1) is 23.9. The summed E-state index contributed by atoms with van der Waals surface area (Å²) in [6.45, 7) is 6.19. The number of para-hydroxylation sites is 1.